The molecule has 0 aromatic carbocycles. The molecule has 0 amide bonds. The van der Waals surface area contributed by atoms with Gasteiger partial charge in [-0.05, 0) is 90.8 Å². The highest BCUT2D eigenvalue weighted by molar-refractivity contribution is 5.91. The van der Waals surface area contributed by atoms with Crippen molar-refractivity contribution in [3.63, 3.8) is 0 Å². The van der Waals surface area contributed by atoms with Crippen LogP contribution < -0.4 is 0 Å². The van der Waals surface area contributed by atoms with Gasteiger partial charge in [0.25, 0.3) is 0 Å². The first-order valence-corrected chi connectivity index (χ1v) is 23.8. The van der Waals surface area contributed by atoms with E-state index in [1.807, 2.05) is 27.7 Å². The molecule has 0 radical (unpaired) electrons. The minimum atomic E-state index is -1.69. The molecule has 3 heterocycles. The zero-order valence-corrected chi connectivity index (χ0v) is 38.8. The van der Waals surface area contributed by atoms with Crippen molar-refractivity contribution in [2.24, 2.45) is 50.2 Å². The number of ketones is 1. The minimum Gasteiger partial charge on any atom is -0.396 e. The van der Waals surface area contributed by atoms with Gasteiger partial charge in [0, 0.05) is 10.8 Å². The summed E-state index contributed by atoms with van der Waals surface area (Å²) in [5, 5.41) is 116. The summed E-state index contributed by atoms with van der Waals surface area (Å²) in [6, 6.07) is 0. The summed E-state index contributed by atoms with van der Waals surface area (Å²) >= 11 is 0. The molecular weight excluding hydrogens is 852 g/mol. The number of ether oxygens (including phenoxy) is 6. The van der Waals surface area contributed by atoms with Crippen LogP contribution >= 0.6 is 0 Å². The lowest BCUT2D eigenvalue weighted by atomic mass is 9.33. The lowest BCUT2D eigenvalue weighted by Crippen LogP contribution is -2.68. The molecule has 7 fully saturated rings. The fraction of sp³-hybridized carbons (Fsp3) is 0.936. The maximum atomic E-state index is 14.9. The van der Waals surface area contributed by atoms with Crippen LogP contribution in [0, 0.1) is 50.2 Å². The predicted octanol–water partition coefficient (Wildman–Crippen LogP) is -0.597. The molecule has 24 atom stereocenters. The highest BCUT2D eigenvalue weighted by Gasteiger charge is 2.71. The van der Waals surface area contributed by atoms with Gasteiger partial charge in [0.15, 0.2) is 24.7 Å². The van der Waals surface area contributed by atoms with Crippen LogP contribution in [0.25, 0.3) is 0 Å². The molecule has 11 N–H and O–H groups in total. The Morgan fingerprint density at radius 1 is 0.662 bits per heavy atom. The SMILES string of the molecule is CC1(C)C[C@H]2C3=CC[C@@H]4[C@@]5(C)CC[C@H](O[C@@H]6O[C@H](CO)[C@@H](O)[C@H](O)[C@H]6O[C@@H]6OC[C@@H](O)[C@H](O)[C@H]6O)[C@](C)(CO)[C@@H]5CC[C@@]4(C)[C@]3(C)CC[C@@]2(C)C(=O)[C@@H]1O[C@@H]1O[C@H](CO)[C@@H](O)[C@H](O)[C@H]1O. The number of rotatable bonds is 9. The minimum absolute atomic E-state index is 0.0352. The normalized spacial score (nSPS) is 55.6. The van der Waals surface area contributed by atoms with Gasteiger partial charge in [0.1, 0.15) is 73.2 Å². The van der Waals surface area contributed by atoms with Crippen LogP contribution in [-0.2, 0) is 33.2 Å². The molecule has 18 heteroatoms. The zero-order valence-electron chi connectivity index (χ0n) is 38.8. The summed E-state index contributed by atoms with van der Waals surface area (Å²) in [5.41, 5.74) is -1.79. The third kappa shape index (κ3) is 7.58. The Labute approximate surface area is 380 Å². The van der Waals surface area contributed by atoms with Crippen molar-refractivity contribution in [2.45, 2.75) is 198 Å². The largest absolute Gasteiger partial charge is 0.396 e. The van der Waals surface area contributed by atoms with E-state index in [-0.39, 0.29) is 53.0 Å². The molecule has 0 bridgehead atoms. The van der Waals surface area contributed by atoms with Crippen molar-refractivity contribution in [1.29, 1.82) is 0 Å². The van der Waals surface area contributed by atoms with Crippen molar-refractivity contribution >= 4 is 5.78 Å². The number of hydrogen-bond donors (Lipinski definition) is 11. The molecule has 4 saturated carbocycles. The molecule has 0 aromatic heterocycles. The molecule has 18 nitrogen and oxygen atoms in total. The second kappa shape index (κ2) is 17.5. The quantitative estimate of drug-likeness (QED) is 0.102. The summed E-state index contributed by atoms with van der Waals surface area (Å²) in [6.07, 6.45) is -14.6. The molecule has 0 unspecified atom stereocenters. The third-order valence-electron chi connectivity index (χ3n) is 19.1. The van der Waals surface area contributed by atoms with E-state index in [1.54, 1.807) is 0 Å². The van der Waals surface area contributed by atoms with Gasteiger partial charge in [-0.3, -0.25) is 4.79 Å². The third-order valence-corrected chi connectivity index (χ3v) is 19.1. The Bertz CT molecular complexity index is 1780. The maximum Gasteiger partial charge on any atom is 0.187 e. The summed E-state index contributed by atoms with van der Waals surface area (Å²) < 4.78 is 36.2. The number of Topliss-reactive ketones (excluding diaryl/α,β-unsaturated/α-hetero) is 1. The van der Waals surface area contributed by atoms with Gasteiger partial charge in [-0.2, -0.15) is 0 Å². The van der Waals surface area contributed by atoms with Crippen molar-refractivity contribution in [1.82, 2.24) is 0 Å². The van der Waals surface area contributed by atoms with Gasteiger partial charge >= 0.3 is 0 Å². The summed E-state index contributed by atoms with van der Waals surface area (Å²) in [6.45, 7) is 13.3. The van der Waals surface area contributed by atoms with Crippen molar-refractivity contribution in [3.8, 4) is 0 Å². The van der Waals surface area contributed by atoms with Crippen LogP contribution in [-0.4, -0.2) is 187 Å². The molecule has 0 spiro atoms. The summed E-state index contributed by atoms with van der Waals surface area (Å²) in [7, 11) is 0. The second-order valence-electron chi connectivity index (χ2n) is 22.9. The van der Waals surface area contributed by atoms with Crippen LogP contribution in [0.3, 0.4) is 0 Å². The van der Waals surface area contributed by atoms with E-state index in [9.17, 15) is 61.0 Å². The Kier molecular flexibility index (Phi) is 13.5. The Hall–Kier alpha value is -1.27. The Morgan fingerprint density at radius 2 is 1.29 bits per heavy atom. The highest BCUT2D eigenvalue weighted by Crippen LogP contribution is 2.75. The standard InChI is InChI=1S/C47H76O18/c1-42(2)16-22-21-8-9-27-44(4)12-11-28(63-41-36(33(56)31(54)25(18-49)62-41)64-39-34(57)29(52)23(51)19-60-39)45(5,20-50)26(44)10-13-47(27,7)46(21,6)15-14-43(22,3)37(59)38(42)65-40-35(58)32(55)30(53)24(17-48)61-40/h8,22-36,38-41,48-58H,9-20H2,1-7H3/t22-,23+,24+,25+,26+,27+,28-,29-,30+,31+,32-,33-,34+,35+,36+,38-,39-,40-,41-,43+,44-,45+,46+,47+/m0/s1. The van der Waals surface area contributed by atoms with E-state index in [0.29, 0.717) is 19.3 Å². The number of aliphatic hydroxyl groups excluding tert-OH is 11. The first kappa shape index (κ1) is 50.1. The molecule has 8 aliphatic rings. The number of aliphatic hydroxyl groups is 11. The lowest BCUT2D eigenvalue weighted by Gasteiger charge is -2.71. The van der Waals surface area contributed by atoms with E-state index in [2.05, 4.69) is 26.8 Å². The molecule has 372 valence electrons. The number of fused-ring (bicyclic) bond motifs is 7. The van der Waals surface area contributed by atoms with Crippen molar-refractivity contribution in [2.75, 3.05) is 26.4 Å². The van der Waals surface area contributed by atoms with Gasteiger partial charge < -0.3 is 84.6 Å². The van der Waals surface area contributed by atoms with Gasteiger partial charge in [-0.15, -0.1) is 0 Å². The molecule has 0 aromatic rings. The molecule has 3 aliphatic heterocycles. The van der Waals surface area contributed by atoms with E-state index < -0.39 is 128 Å². The van der Waals surface area contributed by atoms with E-state index in [0.717, 1.165) is 32.1 Å². The van der Waals surface area contributed by atoms with Crippen LogP contribution in [0.15, 0.2) is 11.6 Å². The number of carbonyl (C=O) groups excluding carboxylic acids is 1. The van der Waals surface area contributed by atoms with E-state index in [4.69, 9.17) is 28.4 Å². The van der Waals surface area contributed by atoms with Crippen LogP contribution in [0.4, 0.5) is 0 Å². The number of hydrogen-bond acceptors (Lipinski definition) is 18. The summed E-state index contributed by atoms with van der Waals surface area (Å²) in [5.74, 6) is -0.0339. The second-order valence-corrected chi connectivity index (χ2v) is 22.9. The van der Waals surface area contributed by atoms with Crippen LogP contribution in [0.1, 0.15) is 99.8 Å². The molecule has 3 saturated heterocycles. The van der Waals surface area contributed by atoms with E-state index >= 15 is 0 Å². The first-order chi connectivity index (χ1) is 30.4. The van der Waals surface area contributed by atoms with Crippen LogP contribution in [0.2, 0.25) is 0 Å². The van der Waals surface area contributed by atoms with E-state index in [1.165, 1.54) is 5.57 Å². The van der Waals surface area contributed by atoms with Gasteiger partial charge in [0.05, 0.1) is 32.5 Å². The van der Waals surface area contributed by atoms with Crippen molar-refractivity contribution in [3.05, 3.63) is 11.6 Å². The van der Waals surface area contributed by atoms with Gasteiger partial charge in [-0.1, -0.05) is 60.1 Å². The lowest BCUT2D eigenvalue weighted by molar-refractivity contribution is -0.371. The maximum absolute atomic E-state index is 14.9. The summed E-state index contributed by atoms with van der Waals surface area (Å²) in [4.78, 5) is 14.9. The average Bonchev–Trinajstić information content (AvgIpc) is 3.26. The zero-order chi connectivity index (χ0) is 47.6. The average molecular weight is 929 g/mol. The molecule has 8 rings (SSSR count). The Balaban J connectivity index is 1.04. The van der Waals surface area contributed by atoms with Crippen LogP contribution in [0.5, 0.6) is 0 Å². The Morgan fingerprint density at radius 3 is 1.94 bits per heavy atom. The van der Waals surface area contributed by atoms with Gasteiger partial charge in [0.2, 0.25) is 0 Å². The first-order valence-electron chi connectivity index (χ1n) is 23.8. The number of carbonyl (C=O) groups is 1. The fourth-order valence-electron chi connectivity index (χ4n) is 14.8. The predicted molar refractivity (Wildman–Crippen MR) is 226 cm³/mol. The fourth-order valence-corrected chi connectivity index (χ4v) is 14.8. The topological polar surface area (TPSA) is 295 Å². The monoisotopic (exact) mass is 929 g/mol. The smallest absolute Gasteiger partial charge is 0.187 e. The number of allylic oxidation sites excluding steroid dienone is 2. The van der Waals surface area contributed by atoms with Crippen molar-refractivity contribution < 1.29 is 89.4 Å². The molecular formula is C47H76O18. The molecule has 65 heavy (non-hydrogen) atoms. The van der Waals surface area contributed by atoms with Gasteiger partial charge in [-0.25, -0.2) is 0 Å². The molecule has 5 aliphatic carbocycles. The highest BCUT2D eigenvalue weighted by atomic mass is 16.8.